The first-order chi connectivity index (χ1) is 12.2. The van der Waals surface area contributed by atoms with Gasteiger partial charge in [-0.25, -0.2) is 9.18 Å². The molecule has 2 saturated heterocycles. The predicted octanol–water partition coefficient (Wildman–Crippen LogP) is 2.86. The van der Waals surface area contributed by atoms with E-state index < -0.39 is 0 Å². The SMILES string of the molecule is CCOC(=O)N1CCC(NCC2CCN(c3ccc(F)cc3)C2)CC1. The second-order valence-corrected chi connectivity index (χ2v) is 6.95. The van der Waals surface area contributed by atoms with E-state index in [0.29, 0.717) is 18.6 Å². The fourth-order valence-electron chi connectivity index (χ4n) is 3.70. The van der Waals surface area contributed by atoms with Gasteiger partial charge in [0.05, 0.1) is 6.61 Å². The summed E-state index contributed by atoms with van der Waals surface area (Å²) in [5, 5.41) is 3.67. The summed E-state index contributed by atoms with van der Waals surface area (Å²) in [4.78, 5) is 15.8. The van der Waals surface area contributed by atoms with Crippen molar-refractivity contribution in [1.82, 2.24) is 10.2 Å². The second-order valence-electron chi connectivity index (χ2n) is 6.95. The van der Waals surface area contributed by atoms with Gasteiger partial charge in [0.2, 0.25) is 0 Å². The number of likely N-dealkylation sites (tertiary alicyclic amines) is 1. The van der Waals surface area contributed by atoms with E-state index in [1.807, 2.05) is 19.1 Å². The Morgan fingerprint density at radius 1 is 1.20 bits per heavy atom. The molecule has 0 radical (unpaired) electrons. The Bertz CT molecular complexity index is 558. The Morgan fingerprint density at radius 2 is 1.92 bits per heavy atom. The molecule has 5 nitrogen and oxygen atoms in total. The third-order valence-corrected chi connectivity index (χ3v) is 5.19. The van der Waals surface area contributed by atoms with Crippen LogP contribution >= 0.6 is 0 Å². The van der Waals surface area contributed by atoms with E-state index in [4.69, 9.17) is 4.74 Å². The molecule has 1 unspecified atom stereocenters. The Kier molecular flexibility index (Phi) is 6.13. The molecule has 2 aliphatic rings. The van der Waals surface area contributed by atoms with Crippen molar-refractivity contribution in [3.63, 3.8) is 0 Å². The van der Waals surface area contributed by atoms with Crippen molar-refractivity contribution in [2.45, 2.75) is 32.2 Å². The smallest absolute Gasteiger partial charge is 0.409 e. The maximum absolute atomic E-state index is 13.0. The number of hydrogen-bond acceptors (Lipinski definition) is 4. The van der Waals surface area contributed by atoms with Crippen molar-refractivity contribution < 1.29 is 13.9 Å². The fraction of sp³-hybridized carbons (Fsp3) is 0.632. The average molecular weight is 349 g/mol. The van der Waals surface area contributed by atoms with Crippen LogP contribution < -0.4 is 10.2 Å². The molecule has 0 aromatic heterocycles. The van der Waals surface area contributed by atoms with Gasteiger partial charge in [-0.1, -0.05) is 0 Å². The van der Waals surface area contributed by atoms with Crippen LogP contribution in [0.4, 0.5) is 14.9 Å². The zero-order valence-electron chi connectivity index (χ0n) is 14.9. The van der Waals surface area contributed by atoms with E-state index >= 15 is 0 Å². The summed E-state index contributed by atoms with van der Waals surface area (Å²) in [6.45, 7) is 6.85. The van der Waals surface area contributed by atoms with Crippen LogP contribution in [0, 0.1) is 11.7 Å². The lowest BCUT2D eigenvalue weighted by Crippen LogP contribution is -2.46. The molecule has 2 fully saturated rings. The Morgan fingerprint density at radius 3 is 2.60 bits per heavy atom. The maximum atomic E-state index is 13.0. The van der Waals surface area contributed by atoms with Gasteiger partial charge in [-0.15, -0.1) is 0 Å². The van der Waals surface area contributed by atoms with Gasteiger partial charge in [-0.2, -0.15) is 0 Å². The maximum Gasteiger partial charge on any atom is 0.409 e. The number of hydrogen-bond donors (Lipinski definition) is 1. The predicted molar refractivity (Wildman–Crippen MR) is 96.3 cm³/mol. The molecule has 25 heavy (non-hydrogen) atoms. The first-order valence-electron chi connectivity index (χ1n) is 9.31. The summed E-state index contributed by atoms with van der Waals surface area (Å²) in [6, 6.07) is 7.24. The minimum Gasteiger partial charge on any atom is -0.450 e. The topological polar surface area (TPSA) is 44.8 Å². The lowest BCUT2D eigenvalue weighted by atomic mass is 10.0. The molecular formula is C19H28FN3O2. The molecule has 1 aromatic carbocycles. The van der Waals surface area contributed by atoms with Gasteiger partial charge in [0.25, 0.3) is 0 Å². The molecule has 2 aliphatic heterocycles. The molecule has 6 heteroatoms. The van der Waals surface area contributed by atoms with Crippen LogP contribution in [0.1, 0.15) is 26.2 Å². The second kappa shape index (κ2) is 8.52. The van der Waals surface area contributed by atoms with Crippen LogP contribution in [0.2, 0.25) is 0 Å². The number of benzene rings is 1. The molecule has 1 N–H and O–H groups in total. The fourth-order valence-corrected chi connectivity index (χ4v) is 3.70. The molecular weight excluding hydrogens is 321 g/mol. The third kappa shape index (κ3) is 4.84. The number of carbonyl (C=O) groups excluding carboxylic acids is 1. The van der Waals surface area contributed by atoms with Gasteiger partial charge in [0.15, 0.2) is 0 Å². The first kappa shape index (κ1) is 18.0. The summed E-state index contributed by atoms with van der Waals surface area (Å²) >= 11 is 0. The van der Waals surface area contributed by atoms with Crippen LogP contribution in [-0.2, 0) is 4.74 Å². The van der Waals surface area contributed by atoms with E-state index in [0.717, 1.165) is 57.7 Å². The zero-order valence-corrected chi connectivity index (χ0v) is 14.9. The van der Waals surface area contributed by atoms with Crippen molar-refractivity contribution in [1.29, 1.82) is 0 Å². The molecule has 0 aliphatic carbocycles. The highest BCUT2D eigenvalue weighted by atomic mass is 19.1. The van der Waals surface area contributed by atoms with Crippen molar-refractivity contribution in [3.05, 3.63) is 30.1 Å². The normalized spacial score (nSPS) is 21.6. The Hall–Kier alpha value is -1.82. The number of carbonyl (C=O) groups is 1. The number of halogens is 1. The largest absolute Gasteiger partial charge is 0.450 e. The van der Waals surface area contributed by atoms with E-state index in [1.165, 1.54) is 12.1 Å². The summed E-state index contributed by atoms with van der Waals surface area (Å²) in [7, 11) is 0. The molecule has 2 heterocycles. The number of anilines is 1. The van der Waals surface area contributed by atoms with E-state index in [2.05, 4.69) is 10.2 Å². The molecule has 3 rings (SSSR count). The van der Waals surface area contributed by atoms with E-state index in [1.54, 1.807) is 4.90 Å². The zero-order chi connectivity index (χ0) is 17.6. The molecule has 0 saturated carbocycles. The Labute approximate surface area is 149 Å². The monoisotopic (exact) mass is 349 g/mol. The van der Waals surface area contributed by atoms with Gasteiger partial charge < -0.3 is 19.9 Å². The molecule has 0 spiro atoms. The quantitative estimate of drug-likeness (QED) is 0.888. The van der Waals surface area contributed by atoms with Crippen molar-refractivity contribution >= 4 is 11.8 Å². The number of amides is 1. The number of ether oxygens (including phenoxy) is 1. The average Bonchev–Trinajstić information content (AvgIpc) is 3.10. The van der Waals surface area contributed by atoms with E-state index in [9.17, 15) is 9.18 Å². The van der Waals surface area contributed by atoms with Gasteiger partial charge in [0, 0.05) is 37.9 Å². The summed E-state index contributed by atoms with van der Waals surface area (Å²) in [5.74, 6) is 0.434. The first-order valence-corrected chi connectivity index (χ1v) is 9.31. The highest BCUT2D eigenvalue weighted by molar-refractivity contribution is 5.67. The van der Waals surface area contributed by atoms with E-state index in [-0.39, 0.29) is 11.9 Å². The summed E-state index contributed by atoms with van der Waals surface area (Å²) < 4.78 is 18.1. The van der Waals surface area contributed by atoms with Crippen molar-refractivity contribution in [2.75, 3.05) is 44.2 Å². The number of piperidine rings is 1. The van der Waals surface area contributed by atoms with Gasteiger partial charge in [0.1, 0.15) is 5.82 Å². The molecule has 1 amide bonds. The summed E-state index contributed by atoms with van der Waals surface area (Å²) in [6.07, 6.45) is 2.93. The standard InChI is InChI=1S/C19H28FN3O2/c1-2-25-19(24)22-11-8-17(9-12-22)21-13-15-7-10-23(14-15)18-5-3-16(20)4-6-18/h3-6,15,17,21H,2,7-14H2,1H3. The third-order valence-electron chi connectivity index (χ3n) is 5.19. The van der Waals surface area contributed by atoms with Gasteiger partial charge >= 0.3 is 6.09 Å². The number of nitrogens with zero attached hydrogens (tertiary/aromatic N) is 2. The lowest BCUT2D eigenvalue weighted by Gasteiger charge is -2.32. The minimum atomic E-state index is -0.188. The lowest BCUT2D eigenvalue weighted by molar-refractivity contribution is 0.0948. The number of nitrogens with one attached hydrogen (secondary N) is 1. The molecule has 0 bridgehead atoms. The van der Waals surface area contributed by atoms with Crippen molar-refractivity contribution in [3.8, 4) is 0 Å². The van der Waals surface area contributed by atoms with Crippen molar-refractivity contribution in [2.24, 2.45) is 5.92 Å². The highest BCUT2D eigenvalue weighted by Crippen LogP contribution is 2.24. The number of rotatable bonds is 5. The van der Waals surface area contributed by atoms with Crippen LogP contribution in [0.5, 0.6) is 0 Å². The van der Waals surface area contributed by atoms with Gasteiger partial charge in [-0.3, -0.25) is 0 Å². The van der Waals surface area contributed by atoms with Crippen LogP contribution in [0.15, 0.2) is 24.3 Å². The minimum absolute atomic E-state index is 0.185. The van der Waals surface area contributed by atoms with Gasteiger partial charge in [-0.05, 0) is 62.9 Å². The molecule has 1 atom stereocenters. The highest BCUT2D eigenvalue weighted by Gasteiger charge is 2.26. The Balaban J connectivity index is 1.37. The summed E-state index contributed by atoms with van der Waals surface area (Å²) in [5.41, 5.74) is 1.10. The molecule has 1 aromatic rings. The molecule has 138 valence electrons. The van der Waals surface area contributed by atoms with Crippen LogP contribution in [0.25, 0.3) is 0 Å². The van der Waals surface area contributed by atoms with Crippen LogP contribution in [-0.4, -0.2) is 56.4 Å². The van der Waals surface area contributed by atoms with Crippen LogP contribution in [0.3, 0.4) is 0 Å².